The van der Waals surface area contributed by atoms with Crippen molar-refractivity contribution in [3.8, 4) is 0 Å². The molecule has 1 aromatic rings. The van der Waals surface area contributed by atoms with Crippen LogP contribution in [0.3, 0.4) is 0 Å². The highest BCUT2D eigenvalue weighted by Gasteiger charge is 2.27. The number of amides is 1. The van der Waals surface area contributed by atoms with Gasteiger partial charge in [-0.15, -0.1) is 0 Å². The molecule has 1 aromatic carbocycles. The number of nitrogens with zero attached hydrogens (tertiary/aromatic N) is 1. The van der Waals surface area contributed by atoms with Crippen LogP contribution in [0.15, 0.2) is 28.7 Å². The lowest BCUT2D eigenvalue weighted by atomic mass is 10.1. The molecule has 0 aromatic heterocycles. The maximum absolute atomic E-state index is 12.4. The molecule has 0 radical (unpaired) electrons. The number of carbonyl (C=O) groups excluding carboxylic acids is 1. The normalized spacial score (nSPS) is 18.5. The van der Waals surface area contributed by atoms with E-state index in [1.54, 1.807) is 7.11 Å². The van der Waals surface area contributed by atoms with Gasteiger partial charge in [0.15, 0.2) is 0 Å². The van der Waals surface area contributed by atoms with Gasteiger partial charge in [-0.3, -0.25) is 4.79 Å². The molecule has 1 fully saturated rings. The number of benzene rings is 1. The Hall–Kier alpha value is -0.910. The first-order chi connectivity index (χ1) is 9.72. The van der Waals surface area contributed by atoms with Gasteiger partial charge in [-0.1, -0.05) is 12.1 Å². The minimum atomic E-state index is 0.0943. The fraction of sp³-hybridized carbons (Fsp3) is 0.533. The average Bonchev–Trinajstić information content (AvgIpc) is 2.92. The molecule has 4 nitrogen and oxygen atoms in total. The zero-order chi connectivity index (χ0) is 14.4. The van der Waals surface area contributed by atoms with Crippen molar-refractivity contribution in [1.29, 1.82) is 0 Å². The molecule has 2 rings (SSSR count). The van der Waals surface area contributed by atoms with Crippen LogP contribution in [0, 0.1) is 5.92 Å². The van der Waals surface area contributed by atoms with Gasteiger partial charge >= 0.3 is 0 Å². The lowest BCUT2D eigenvalue weighted by molar-refractivity contribution is 0.0515. The topological polar surface area (TPSA) is 38.8 Å². The summed E-state index contributed by atoms with van der Waals surface area (Å²) in [6, 6.07) is 7.56. The maximum Gasteiger partial charge on any atom is 0.255 e. The van der Waals surface area contributed by atoms with Crippen LogP contribution in [0.5, 0.6) is 0 Å². The molecule has 0 N–H and O–H groups in total. The van der Waals surface area contributed by atoms with Gasteiger partial charge in [-0.05, 0) is 34.5 Å². The molecule has 5 heteroatoms. The summed E-state index contributed by atoms with van der Waals surface area (Å²) in [6.07, 6.45) is 1.00. The molecule has 1 aliphatic heterocycles. The van der Waals surface area contributed by atoms with Gasteiger partial charge in [0.25, 0.3) is 5.91 Å². The third-order valence-electron chi connectivity index (χ3n) is 3.46. The molecule has 0 aliphatic carbocycles. The van der Waals surface area contributed by atoms with Crippen molar-refractivity contribution >= 4 is 21.8 Å². The van der Waals surface area contributed by atoms with Gasteiger partial charge in [0, 0.05) is 30.6 Å². The zero-order valence-electron chi connectivity index (χ0n) is 11.7. The molecule has 0 spiro atoms. The molecule has 0 bridgehead atoms. The molecule has 1 heterocycles. The van der Waals surface area contributed by atoms with E-state index in [0.717, 1.165) is 29.5 Å². The van der Waals surface area contributed by atoms with Crippen molar-refractivity contribution in [2.24, 2.45) is 5.92 Å². The number of halogens is 1. The van der Waals surface area contributed by atoms with E-state index >= 15 is 0 Å². The SMILES string of the molecule is COCCOC[C@@H]1CCN(C(=O)c2ccccc2Br)C1. The van der Waals surface area contributed by atoms with Gasteiger partial charge in [0.05, 0.1) is 25.4 Å². The first-order valence-electron chi connectivity index (χ1n) is 6.83. The summed E-state index contributed by atoms with van der Waals surface area (Å²) in [5.41, 5.74) is 0.730. The third kappa shape index (κ3) is 4.04. The summed E-state index contributed by atoms with van der Waals surface area (Å²) in [7, 11) is 1.66. The molecule has 1 aliphatic rings. The van der Waals surface area contributed by atoms with E-state index in [0.29, 0.717) is 25.7 Å². The molecule has 0 saturated carbocycles. The first-order valence-corrected chi connectivity index (χ1v) is 7.62. The lowest BCUT2D eigenvalue weighted by Gasteiger charge is -2.17. The monoisotopic (exact) mass is 341 g/mol. The molecule has 20 heavy (non-hydrogen) atoms. The van der Waals surface area contributed by atoms with Gasteiger partial charge < -0.3 is 14.4 Å². The molecule has 1 atom stereocenters. The minimum Gasteiger partial charge on any atom is -0.382 e. The molecule has 110 valence electrons. The molecule has 1 amide bonds. The summed E-state index contributed by atoms with van der Waals surface area (Å²) < 4.78 is 11.3. The fourth-order valence-corrected chi connectivity index (χ4v) is 2.80. The highest BCUT2D eigenvalue weighted by Crippen LogP contribution is 2.23. The highest BCUT2D eigenvalue weighted by atomic mass is 79.9. The Bertz CT molecular complexity index is 452. The van der Waals surface area contributed by atoms with Crippen LogP contribution < -0.4 is 0 Å². The Kier molecular flexibility index (Phi) is 6.01. The predicted octanol–water partition coefficient (Wildman–Crippen LogP) is 2.57. The van der Waals surface area contributed by atoms with E-state index in [9.17, 15) is 4.79 Å². The molecule has 0 unspecified atom stereocenters. The summed E-state index contributed by atoms with van der Waals surface area (Å²) in [5.74, 6) is 0.523. The maximum atomic E-state index is 12.4. The first kappa shape index (κ1) is 15.5. The van der Waals surface area contributed by atoms with Crippen LogP contribution in [0.2, 0.25) is 0 Å². The Balaban J connectivity index is 1.83. The Morgan fingerprint density at radius 1 is 1.40 bits per heavy atom. The van der Waals surface area contributed by atoms with Crippen LogP contribution >= 0.6 is 15.9 Å². The molecular formula is C15H20BrNO3. The van der Waals surface area contributed by atoms with Crippen LogP contribution in [-0.2, 0) is 9.47 Å². The Morgan fingerprint density at radius 2 is 2.20 bits per heavy atom. The number of hydrogen-bond donors (Lipinski definition) is 0. The van der Waals surface area contributed by atoms with Gasteiger partial charge in [0.1, 0.15) is 0 Å². The van der Waals surface area contributed by atoms with E-state index in [-0.39, 0.29) is 5.91 Å². The van der Waals surface area contributed by atoms with Crippen molar-refractivity contribution < 1.29 is 14.3 Å². The van der Waals surface area contributed by atoms with E-state index in [4.69, 9.17) is 9.47 Å². The van der Waals surface area contributed by atoms with E-state index in [2.05, 4.69) is 15.9 Å². The largest absolute Gasteiger partial charge is 0.382 e. The number of hydrogen-bond acceptors (Lipinski definition) is 3. The fourth-order valence-electron chi connectivity index (χ4n) is 2.35. The summed E-state index contributed by atoms with van der Waals surface area (Å²) in [6.45, 7) is 3.51. The average molecular weight is 342 g/mol. The van der Waals surface area contributed by atoms with Crippen LogP contribution in [-0.4, -0.2) is 50.8 Å². The number of carbonyl (C=O) groups is 1. The van der Waals surface area contributed by atoms with Crippen molar-refractivity contribution in [3.63, 3.8) is 0 Å². The van der Waals surface area contributed by atoms with Gasteiger partial charge in [-0.25, -0.2) is 0 Å². The summed E-state index contributed by atoms with van der Waals surface area (Å²) in [5, 5.41) is 0. The minimum absolute atomic E-state index is 0.0943. The summed E-state index contributed by atoms with van der Waals surface area (Å²) >= 11 is 3.43. The number of likely N-dealkylation sites (tertiary alicyclic amines) is 1. The smallest absolute Gasteiger partial charge is 0.255 e. The van der Waals surface area contributed by atoms with Gasteiger partial charge in [0.2, 0.25) is 0 Å². The van der Waals surface area contributed by atoms with Crippen LogP contribution in [0.4, 0.5) is 0 Å². The van der Waals surface area contributed by atoms with E-state index < -0.39 is 0 Å². The van der Waals surface area contributed by atoms with E-state index in [1.165, 1.54) is 0 Å². The summed E-state index contributed by atoms with van der Waals surface area (Å²) in [4.78, 5) is 14.3. The van der Waals surface area contributed by atoms with Gasteiger partial charge in [-0.2, -0.15) is 0 Å². The zero-order valence-corrected chi connectivity index (χ0v) is 13.3. The second kappa shape index (κ2) is 7.76. The quantitative estimate of drug-likeness (QED) is 0.746. The second-order valence-corrected chi connectivity index (χ2v) is 5.81. The van der Waals surface area contributed by atoms with Crippen molar-refractivity contribution in [2.45, 2.75) is 6.42 Å². The van der Waals surface area contributed by atoms with Crippen LogP contribution in [0.1, 0.15) is 16.8 Å². The van der Waals surface area contributed by atoms with Crippen molar-refractivity contribution in [2.75, 3.05) is 40.0 Å². The van der Waals surface area contributed by atoms with E-state index in [1.807, 2.05) is 29.2 Å². The standard InChI is InChI=1S/C15H20BrNO3/c1-19-8-9-20-11-12-6-7-17(10-12)15(18)13-4-2-3-5-14(13)16/h2-5,12H,6-11H2,1H3/t12-/m1/s1. The lowest BCUT2D eigenvalue weighted by Crippen LogP contribution is -2.29. The number of ether oxygens (including phenoxy) is 2. The molecule has 1 saturated heterocycles. The second-order valence-electron chi connectivity index (χ2n) is 4.95. The van der Waals surface area contributed by atoms with Crippen LogP contribution in [0.25, 0.3) is 0 Å². The Labute approximate surface area is 128 Å². The molecular weight excluding hydrogens is 322 g/mol. The van der Waals surface area contributed by atoms with Crippen molar-refractivity contribution in [1.82, 2.24) is 4.90 Å². The Morgan fingerprint density at radius 3 is 2.95 bits per heavy atom. The number of methoxy groups -OCH3 is 1. The van der Waals surface area contributed by atoms with Crippen molar-refractivity contribution in [3.05, 3.63) is 34.3 Å². The predicted molar refractivity (Wildman–Crippen MR) is 80.8 cm³/mol. The number of rotatable bonds is 6. The highest BCUT2D eigenvalue weighted by molar-refractivity contribution is 9.10. The third-order valence-corrected chi connectivity index (χ3v) is 4.15.